The number of pyridine rings is 1. The van der Waals surface area contributed by atoms with E-state index in [0.717, 1.165) is 47.1 Å². The first kappa shape index (κ1) is 20.5. The number of fused-ring (bicyclic) bond motifs is 1. The molecule has 1 aromatic carbocycles. The molecule has 1 aliphatic heterocycles. The zero-order valence-electron chi connectivity index (χ0n) is 16.5. The molecule has 0 amide bonds. The Labute approximate surface area is 179 Å². The Hall–Kier alpha value is -1.80. The van der Waals surface area contributed by atoms with Crippen molar-refractivity contribution >= 4 is 43.0 Å². The Morgan fingerprint density at radius 2 is 1.83 bits per heavy atom. The molecule has 0 atom stereocenters. The Balaban J connectivity index is 1.75. The van der Waals surface area contributed by atoms with Crippen molar-refractivity contribution in [3.05, 3.63) is 50.3 Å². The second-order valence-electron chi connectivity index (χ2n) is 7.96. The molecule has 4 rings (SSSR count). The largest absolute Gasteiger partial charge is 0.353 e. The summed E-state index contributed by atoms with van der Waals surface area (Å²) in [5, 5.41) is 2.93. The summed E-state index contributed by atoms with van der Waals surface area (Å²) in [7, 11) is -3.52. The number of benzene rings is 1. The average Bonchev–Trinajstić information content (AvgIpc) is 3.18. The zero-order chi connectivity index (χ0) is 20.6. The molecule has 1 aliphatic carbocycles. The Kier molecular flexibility index (Phi) is 5.75. The van der Waals surface area contributed by atoms with Crippen LogP contribution in [0.2, 0.25) is 0 Å². The molecule has 6 nitrogen and oxygen atoms in total. The van der Waals surface area contributed by atoms with Crippen LogP contribution in [0.5, 0.6) is 0 Å². The number of aryl methyl sites for hydroxylation is 1. The fourth-order valence-corrected chi connectivity index (χ4v) is 6.44. The number of nitrogens with zero attached hydrogens (tertiary/aromatic N) is 1. The first-order valence-electron chi connectivity index (χ1n) is 10.2. The first-order chi connectivity index (χ1) is 13.8. The van der Waals surface area contributed by atoms with Crippen LogP contribution in [0.1, 0.15) is 49.8 Å². The molecule has 8 heteroatoms. The molecule has 1 saturated carbocycles. The van der Waals surface area contributed by atoms with E-state index in [2.05, 4.69) is 26.0 Å². The van der Waals surface area contributed by atoms with Gasteiger partial charge in [-0.2, -0.15) is 0 Å². The van der Waals surface area contributed by atoms with Crippen LogP contribution >= 0.6 is 15.9 Å². The number of aromatic nitrogens is 1. The lowest BCUT2D eigenvalue weighted by molar-refractivity contribution is 0.486. The molecular weight excluding hydrogens is 454 g/mol. The average molecular weight is 480 g/mol. The van der Waals surface area contributed by atoms with E-state index >= 15 is 0 Å². The van der Waals surface area contributed by atoms with Gasteiger partial charge >= 0.3 is 0 Å². The van der Waals surface area contributed by atoms with Crippen LogP contribution in [0.15, 0.2) is 33.5 Å². The van der Waals surface area contributed by atoms with Crippen molar-refractivity contribution < 1.29 is 8.42 Å². The van der Waals surface area contributed by atoms with Gasteiger partial charge in [0.25, 0.3) is 5.56 Å². The predicted molar refractivity (Wildman–Crippen MR) is 121 cm³/mol. The maximum atomic E-state index is 13.1. The minimum absolute atomic E-state index is 0.102. The second-order valence-corrected chi connectivity index (χ2v) is 10.8. The number of anilines is 3. The second kappa shape index (κ2) is 8.14. The number of nitrogens with one attached hydrogen (secondary N) is 2. The van der Waals surface area contributed by atoms with Gasteiger partial charge in [0.1, 0.15) is 0 Å². The van der Waals surface area contributed by atoms with Gasteiger partial charge in [0.15, 0.2) is 0 Å². The van der Waals surface area contributed by atoms with E-state index in [9.17, 15) is 13.2 Å². The predicted octanol–water partition coefficient (Wildman–Crippen LogP) is 4.68. The minimum atomic E-state index is -3.52. The summed E-state index contributed by atoms with van der Waals surface area (Å²) in [6.07, 6.45) is 5.90. The van der Waals surface area contributed by atoms with Crippen LogP contribution in [0.25, 0.3) is 0 Å². The Morgan fingerprint density at radius 1 is 1.07 bits per heavy atom. The third-order valence-corrected chi connectivity index (χ3v) is 8.24. The molecule has 0 radical (unpaired) electrons. The first-order valence-corrected chi connectivity index (χ1v) is 12.5. The molecule has 1 aromatic heterocycles. The van der Waals surface area contributed by atoms with Gasteiger partial charge in [0.05, 0.1) is 16.6 Å². The van der Waals surface area contributed by atoms with E-state index in [0.29, 0.717) is 37.2 Å². The van der Waals surface area contributed by atoms with Gasteiger partial charge in [0, 0.05) is 28.5 Å². The topological polar surface area (TPSA) is 80.2 Å². The van der Waals surface area contributed by atoms with E-state index in [4.69, 9.17) is 0 Å². The van der Waals surface area contributed by atoms with Crippen molar-refractivity contribution in [2.24, 2.45) is 0 Å². The summed E-state index contributed by atoms with van der Waals surface area (Å²) in [6.45, 7) is 2.60. The molecule has 0 unspecified atom stereocenters. The van der Waals surface area contributed by atoms with Crippen molar-refractivity contribution in [3.8, 4) is 0 Å². The number of rotatable bonds is 5. The number of hydrogen-bond acceptors (Lipinski definition) is 4. The van der Waals surface area contributed by atoms with Gasteiger partial charge in [-0.05, 0) is 56.4 Å². The highest BCUT2D eigenvalue weighted by Gasteiger charge is 2.30. The van der Waals surface area contributed by atoms with Gasteiger partial charge in [-0.25, -0.2) is 8.42 Å². The zero-order valence-corrected chi connectivity index (χ0v) is 18.9. The minimum Gasteiger partial charge on any atom is -0.353 e. The summed E-state index contributed by atoms with van der Waals surface area (Å²) in [5.41, 5.74) is 3.56. The molecular formula is C21H26BrN3O3S. The maximum Gasteiger partial charge on any atom is 0.252 e. The monoisotopic (exact) mass is 479 g/mol. The van der Waals surface area contributed by atoms with Crippen LogP contribution in [0.4, 0.5) is 17.1 Å². The summed E-state index contributed by atoms with van der Waals surface area (Å²) in [6, 6.07) is 7.33. The smallest absolute Gasteiger partial charge is 0.252 e. The molecule has 29 heavy (non-hydrogen) atoms. The van der Waals surface area contributed by atoms with E-state index in [-0.39, 0.29) is 10.8 Å². The molecule has 2 aliphatic rings. The molecule has 0 saturated heterocycles. The SMILES string of the molecule is Cc1cc(Br)ccc1Nc1cc(=O)n2c(c1NS(=O)(=O)C1CCCCC1)CCC2. The highest BCUT2D eigenvalue weighted by Crippen LogP contribution is 2.35. The molecule has 1 fully saturated rings. The lowest BCUT2D eigenvalue weighted by Crippen LogP contribution is -2.31. The van der Waals surface area contributed by atoms with Crippen LogP contribution in [-0.2, 0) is 23.0 Å². The van der Waals surface area contributed by atoms with E-state index < -0.39 is 10.0 Å². The third-order valence-electron chi connectivity index (χ3n) is 5.91. The lowest BCUT2D eigenvalue weighted by Gasteiger charge is -2.25. The van der Waals surface area contributed by atoms with Crippen molar-refractivity contribution in [2.75, 3.05) is 10.0 Å². The van der Waals surface area contributed by atoms with E-state index in [1.165, 1.54) is 6.07 Å². The van der Waals surface area contributed by atoms with Gasteiger partial charge < -0.3 is 9.88 Å². The standard InChI is InChI=1S/C21H26BrN3O3S/c1-14-12-15(22)9-10-17(14)23-18-13-20(26)25-11-5-8-19(25)21(18)24-29(27,28)16-6-3-2-4-7-16/h9-10,12-13,16,23-24H,2-8,11H2,1H3. The summed E-state index contributed by atoms with van der Waals surface area (Å²) in [4.78, 5) is 12.6. The highest BCUT2D eigenvalue weighted by atomic mass is 79.9. The summed E-state index contributed by atoms with van der Waals surface area (Å²) in [5.74, 6) is 0. The van der Waals surface area contributed by atoms with Gasteiger partial charge in [-0.15, -0.1) is 0 Å². The fraction of sp³-hybridized carbons (Fsp3) is 0.476. The normalized spacial score (nSPS) is 17.2. The molecule has 2 heterocycles. The van der Waals surface area contributed by atoms with Crippen LogP contribution in [0, 0.1) is 6.92 Å². The lowest BCUT2D eigenvalue weighted by atomic mass is 10.0. The molecule has 2 N–H and O–H groups in total. The summed E-state index contributed by atoms with van der Waals surface area (Å²) < 4.78 is 31.8. The van der Waals surface area contributed by atoms with E-state index in [1.54, 1.807) is 4.57 Å². The maximum absolute atomic E-state index is 13.1. The molecule has 0 spiro atoms. The number of sulfonamides is 1. The summed E-state index contributed by atoms with van der Waals surface area (Å²) >= 11 is 3.46. The van der Waals surface area contributed by atoms with Crippen molar-refractivity contribution in [2.45, 2.75) is 63.7 Å². The van der Waals surface area contributed by atoms with Crippen molar-refractivity contribution in [1.82, 2.24) is 4.57 Å². The number of halogens is 1. The van der Waals surface area contributed by atoms with Crippen LogP contribution in [-0.4, -0.2) is 18.2 Å². The van der Waals surface area contributed by atoms with Crippen molar-refractivity contribution in [1.29, 1.82) is 0 Å². The fourth-order valence-electron chi connectivity index (χ4n) is 4.33. The Morgan fingerprint density at radius 3 is 2.55 bits per heavy atom. The van der Waals surface area contributed by atoms with E-state index in [1.807, 2.05) is 25.1 Å². The molecule has 2 aromatic rings. The Bertz CT molecular complexity index is 1090. The van der Waals surface area contributed by atoms with Gasteiger partial charge in [-0.3, -0.25) is 9.52 Å². The third kappa shape index (κ3) is 4.23. The highest BCUT2D eigenvalue weighted by molar-refractivity contribution is 9.10. The van der Waals surface area contributed by atoms with Gasteiger partial charge in [-0.1, -0.05) is 35.2 Å². The molecule has 156 valence electrons. The van der Waals surface area contributed by atoms with Crippen LogP contribution < -0.4 is 15.6 Å². The van der Waals surface area contributed by atoms with Crippen molar-refractivity contribution in [3.63, 3.8) is 0 Å². The van der Waals surface area contributed by atoms with Crippen LogP contribution in [0.3, 0.4) is 0 Å². The molecule has 0 bridgehead atoms. The van der Waals surface area contributed by atoms with Gasteiger partial charge in [0.2, 0.25) is 10.0 Å². The number of hydrogen-bond donors (Lipinski definition) is 2. The quantitative estimate of drug-likeness (QED) is 0.651.